The third kappa shape index (κ3) is 3.19. The van der Waals surface area contributed by atoms with Crippen molar-refractivity contribution in [3.63, 3.8) is 0 Å². The number of aromatic amines is 1. The van der Waals surface area contributed by atoms with Gasteiger partial charge >= 0.3 is 13.8 Å². The van der Waals surface area contributed by atoms with Crippen LogP contribution in [0.3, 0.4) is 0 Å². The molecule has 0 aliphatic carbocycles. The van der Waals surface area contributed by atoms with Crippen molar-refractivity contribution in [3.8, 4) is 0 Å². The second-order valence-electron chi connectivity index (χ2n) is 5.59. The van der Waals surface area contributed by atoms with Crippen LogP contribution in [0.1, 0.15) is 6.23 Å². The van der Waals surface area contributed by atoms with Gasteiger partial charge in [0, 0.05) is 7.11 Å². The maximum Gasteiger partial charge on any atom is 0.316 e. The zero-order valence-corrected chi connectivity index (χ0v) is 14.4. The number of aryl methyl sites for hydroxylation is 1. The molecule has 3 unspecified atom stereocenters. The number of rotatable bonds is 5. The minimum absolute atomic E-state index is 0.0660. The van der Waals surface area contributed by atoms with Crippen molar-refractivity contribution in [1.29, 1.82) is 0 Å². The van der Waals surface area contributed by atoms with E-state index in [9.17, 15) is 14.5 Å². The monoisotopic (exact) mass is 376 g/mol. The molecule has 0 radical (unpaired) electrons. The Morgan fingerprint density at radius 3 is 2.96 bits per heavy atom. The van der Waals surface area contributed by atoms with Crippen LogP contribution in [0.25, 0.3) is 11.2 Å². The van der Waals surface area contributed by atoms with E-state index in [0.717, 1.165) is 0 Å². The number of hydrogen-bond acceptors (Lipinski definition) is 8. The number of aliphatic hydroxyl groups is 1. The molecule has 2 aromatic heterocycles. The summed E-state index contributed by atoms with van der Waals surface area (Å²) in [6.45, 7) is -0.284. The second-order valence-corrected chi connectivity index (χ2v) is 6.41. The zero-order chi connectivity index (χ0) is 18.3. The fourth-order valence-electron chi connectivity index (χ4n) is 2.94. The van der Waals surface area contributed by atoms with Crippen LogP contribution in [-0.4, -0.2) is 56.6 Å². The van der Waals surface area contributed by atoms with Gasteiger partial charge in [0.05, 0.1) is 13.7 Å². The average Bonchev–Trinajstić information content (AvgIpc) is 3.02. The fourth-order valence-corrected chi connectivity index (χ4v) is 3.25. The summed E-state index contributed by atoms with van der Waals surface area (Å²) in [5.74, 6) is -0.0660. The molecular weight excluding hydrogens is 357 g/mol. The van der Waals surface area contributed by atoms with Crippen LogP contribution in [0.2, 0.25) is 0 Å². The summed E-state index contributed by atoms with van der Waals surface area (Å²) in [5, 5.41) is 10.3. The topological polar surface area (TPSA) is 166 Å². The van der Waals surface area contributed by atoms with Gasteiger partial charge in [-0.15, -0.1) is 0 Å². The molecule has 3 heterocycles. The van der Waals surface area contributed by atoms with Crippen molar-refractivity contribution < 1.29 is 33.1 Å². The lowest BCUT2D eigenvalue weighted by molar-refractivity contribution is -0.646. The average molecular weight is 376 g/mol. The molecule has 0 spiro atoms. The van der Waals surface area contributed by atoms with Gasteiger partial charge in [-0.25, -0.2) is 4.57 Å². The summed E-state index contributed by atoms with van der Waals surface area (Å²) < 4.78 is 29.5. The molecule has 5 N–H and O–H groups in total. The van der Waals surface area contributed by atoms with Gasteiger partial charge in [0.1, 0.15) is 12.2 Å². The molecule has 138 valence electrons. The molecular formula is C12H19N5O7P+. The smallest absolute Gasteiger partial charge is 0.316 e. The first kappa shape index (κ1) is 18.0. The summed E-state index contributed by atoms with van der Waals surface area (Å²) in [7, 11) is -0.117. The molecule has 1 aliphatic rings. The molecule has 0 bridgehead atoms. The van der Waals surface area contributed by atoms with Gasteiger partial charge in [-0.3, -0.25) is 14.3 Å². The van der Waals surface area contributed by atoms with Crippen molar-refractivity contribution >= 4 is 25.4 Å². The summed E-state index contributed by atoms with van der Waals surface area (Å²) in [5.41, 5.74) is 5.71. The largest absolute Gasteiger partial charge is 0.387 e. The Kier molecular flexibility index (Phi) is 4.91. The molecule has 1 saturated heterocycles. The van der Waals surface area contributed by atoms with Crippen LogP contribution in [0, 0.1) is 0 Å². The number of ether oxygens (including phenoxy) is 2. The number of fused-ring (bicyclic) bond motifs is 1. The maximum atomic E-state index is 12.1. The van der Waals surface area contributed by atoms with E-state index in [1.54, 1.807) is 17.9 Å². The van der Waals surface area contributed by atoms with Gasteiger partial charge in [-0.05, 0) is 0 Å². The van der Waals surface area contributed by atoms with Crippen molar-refractivity contribution in [2.24, 2.45) is 7.05 Å². The summed E-state index contributed by atoms with van der Waals surface area (Å²) in [6, 6.07) is 0. The third-order valence-electron chi connectivity index (χ3n) is 4.02. The lowest BCUT2D eigenvalue weighted by atomic mass is 10.1. The van der Waals surface area contributed by atoms with Crippen LogP contribution in [0.15, 0.2) is 11.1 Å². The number of nitrogens with one attached hydrogen (secondary N) is 1. The molecule has 2 aromatic rings. The number of anilines is 1. The first-order valence-electron chi connectivity index (χ1n) is 7.31. The van der Waals surface area contributed by atoms with Crippen molar-refractivity contribution in [2.45, 2.75) is 24.5 Å². The number of nitrogens with zero attached hydrogens (tertiary/aromatic N) is 3. The molecule has 12 nitrogen and oxygen atoms in total. The quantitative estimate of drug-likeness (QED) is 0.335. The van der Waals surface area contributed by atoms with Crippen molar-refractivity contribution in [3.05, 3.63) is 16.7 Å². The van der Waals surface area contributed by atoms with Gasteiger partial charge in [0.25, 0.3) is 11.2 Å². The van der Waals surface area contributed by atoms with E-state index >= 15 is 0 Å². The van der Waals surface area contributed by atoms with Crippen LogP contribution < -0.4 is 15.9 Å². The lowest BCUT2D eigenvalue weighted by Crippen LogP contribution is -2.35. The number of aromatic nitrogens is 4. The normalized spacial score (nSPS) is 27.8. The number of nitrogen functional groups attached to an aromatic ring is 1. The lowest BCUT2D eigenvalue weighted by Gasteiger charge is -2.16. The predicted octanol–water partition coefficient (Wildman–Crippen LogP) is -2.20. The molecule has 1 aliphatic heterocycles. The second kappa shape index (κ2) is 6.83. The number of hydrogen-bond donors (Lipinski definition) is 4. The van der Waals surface area contributed by atoms with Crippen molar-refractivity contribution in [1.82, 2.24) is 14.5 Å². The molecule has 5 atom stereocenters. The number of H-pyrrole nitrogens is 1. The number of methoxy groups -OCH3 is 1. The van der Waals surface area contributed by atoms with E-state index in [1.165, 1.54) is 11.7 Å². The van der Waals surface area contributed by atoms with Gasteiger partial charge in [-0.2, -0.15) is 9.55 Å². The highest BCUT2D eigenvalue weighted by Gasteiger charge is 2.49. The molecule has 25 heavy (non-hydrogen) atoms. The minimum atomic E-state index is -3.16. The first-order chi connectivity index (χ1) is 11.8. The molecule has 1 fully saturated rings. The highest BCUT2D eigenvalue weighted by Crippen LogP contribution is 2.33. The van der Waals surface area contributed by atoms with E-state index in [4.69, 9.17) is 20.1 Å². The fraction of sp³-hybridized carbons (Fsp3) is 0.583. The Bertz CT molecular complexity index is 867. The highest BCUT2D eigenvalue weighted by molar-refractivity contribution is 7.32. The predicted molar refractivity (Wildman–Crippen MR) is 83.8 cm³/mol. The Hall–Kier alpha value is -1.82. The van der Waals surface area contributed by atoms with E-state index < -0.39 is 38.4 Å². The molecule has 0 aromatic carbocycles. The van der Waals surface area contributed by atoms with Crippen LogP contribution in [-0.2, 0) is 25.6 Å². The molecule has 3 rings (SSSR count). The Balaban J connectivity index is 2.02. The van der Waals surface area contributed by atoms with Gasteiger partial charge in [-0.1, -0.05) is 0 Å². The standard InChI is InChI=1S/C12H18N5O7P/c1-16-4-17(9-6(16)10(19)15-12(13)14-9)11-8(22-2)7(18)5(24-11)3-23-25(20)21/h4-5,7-8,11,18,25H,3H2,1-2H3,(H3-,13,14,15,19,20,21)/p+1/t5-,7?,8?,11-/m1/s1. The van der Waals surface area contributed by atoms with E-state index in [-0.39, 0.29) is 23.7 Å². The number of nitrogens with two attached hydrogens (primary N) is 1. The summed E-state index contributed by atoms with van der Waals surface area (Å²) in [6.07, 6.45) is -2.09. The number of aliphatic hydroxyl groups excluding tert-OH is 1. The SMILES string of the molecule is COC1C(O)[C@@H](CO[PH](=O)O)O[C@H]1n1c[n+](C)c2c(=O)[nH]c(N)nc21. The summed E-state index contributed by atoms with van der Waals surface area (Å²) >= 11 is 0. The Morgan fingerprint density at radius 2 is 2.32 bits per heavy atom. The van der Waals surface area contributed by atoms with E-state index in [2.05, 4.69) is 14.5 Å². The van der Waals surface area contributed by atoms with Gasteiger partial charge in [0.15, 0.2) is 6.10 Å². The van der Waals surface area contributed by atoms with Crippen LogP contribution >= 0.6 is 8.25 Å². The Labute approximate surface area is 141 Å². The maximum absolute atomic E-state index is 12.1. The summed E-state index contributed by atoms with van der Waals surface area (Å²) in [4.78, 5) is 27.4. The Morgan fingerprint density at radius 1 is 1.60 bits per heavy atom. The van der Waals surface area contributed by atoms with E-state index in [1.807, 2.05) is 0 Å². The zero-order valence-electron chi connectivity index (χ0n) is 13.4. The highest BCUT2D eigenvalue weighted by atomic mass is 31.1. The molecule has 13 heteroatoms. The minimum Gasteiger partial charge on any atom is -0.387 e. The van der Waals surface area contributed by atoms with Gasteiger partial charge < -0.3 is 29.7 Å². The van der Waals surface area contributed by atoms with E-state index in [0.29, 0.717) is 0 Å². The van der Waals surface area contributed by atoms with Gasteiger partial charge in [0.2, 0.25) is 18.5 Å². The first-order valence-corrected chi connectivity index (χ1v) is 8.58. The third-order valence-corrected chi connectivity index (χ3v) is 4.43. The molecule has 0 amide bonds. The van der Waals surface area contributed by atoms with Crippen LogP contribution in [0.4, 0.5) is 5.95 Å². The van der Waals surface area contributed by atoms with Crippen molar-refractivity contribution in [2.75, 3.05) is 19.5 Å². The molecule has 0 saturated carbocycles. The van der Waals surface area contributed by atoms with Crippen LogP contribution in [0.5, 0.6) is 0 Å². The number of imidazole rings is 1.